The van der Waals surface area contributed by atoms with Crippen LogP contribution in [0.15, 0.2) is 152 Å². The molecular formula is C78H75F2N13O12. The Morgan fingerprint density at radius 1 is 0.571 bits per heavy atom. The lowest BCUT2D eigenvalue weighted by Gasteiger charge is -2.34. The van der Waals surface area contributed by atoms with E-state index in [9.17, 15) is 48.5 Å². The molecule has 8 atom stereocenters. The van der Waals surface area contributed by atoms with Gasteiger partial charge in [-0.1, -0.05) is 54.6 Å². The summed E-state index contributed by atoms with van der Waals surface area (Å²) in [5.74, 6) is 0.920. The number of nitriles is 3. The zero-order chi connectivity index (χ0) is 72.9. The number of rotatable bonds is 19. The third kappa shape index (κ3) is 18.1. The smallest absolute Gasteiger partial charge is 0.291 e. The summed E-state index contributed by atoms with van der Waals surface area (Å²) in [5.41, 5.74) is 8.03. The van der Waals surface area contributed by atoms with Crippen LogP contribution in [0, 0.1) is 57.7 Å². The number of aromatic amines is 1. The normalized spacial score (nSPS) is 21.8. The monoisotopic (exact) mass is 1420 g/mol. The fraction of sp³-hybridized carbons (Fsp3) is 0.359. The number of hydrogen-bond acceptors (Lipinski definition) is 19. The number of nitrogens with one attached hydrogen (secondary N) is 4. The second kappa shape index (κ2) is 33.3. The number of carbonyl (C=O) groups excluding carboxylic acids is 5. The fourth-order valence-corrected chi connectivity index (χ4v) is 13.1. The van der Waals surface area contributed by atoms with Gasteiger partial charge in [-0.2, -0.15) is 20.9 Å². The largest absolute Gasteiger partial charge is 0.489 e. The summed E-state index contributed by atoms with van der Waals surface area (Å²) in [4.78, 5) is 76.5. The predicted molar refractivity (Wildman–Crippen MR) is 377 cm³/mol. The van der Waals surface area contributed by atoms with Crippen LogP contribution in [0.1, 0.15) is 90.2 Å². The molecule has 0 spiro atoms. The van der Waals surface area contributed by atoms with E-state index < -0.39 is 43.0 Å². The van der Waals surface area contributed by atoms with E-state index in [1.54, 1.807) is 67.0 Å². The second-order valence-corrected chi connectivity index (χ2v) is 26.6. The number of aliphatic hydroxyl groups is 1. The van der Waals surface area contributed by atoms with Crippen LogP contribution in [0.5, 0.6) is 17.2 Å². The number of pyridine rings is 2. The highest BCUT2D eigenvalue weighted by molar-refractivity contribution is 5.97. The number of likely N-dealkylation sites (tertiary alicyclic amines) is 2. The summed E-state index contributed by atoms with van der Waals surface area (Å²) in [7, 11) is 0. The van der Waals surface area contributed by atoms with Gasteiger partial charge >= 0.3 is 0 Å². The number of H-pyrrole nitrogens is 1. The molecule has 3 aliphatic carbocycles. The lowest BCUT2D eigenvalue weighted by atomic mass is 10.0. The molecule has 7 heterocycles. The highest BCUT2D eigenvalue weighted by atomic mass is 19.1. The van der Waals surface area contributed by atoms with Crippen LogP contribution >= 0.6 is 0 Å². The minimum atomic E-state index is -1.43. The standard InChI is InChI=1S/C30H28FN3O4.C24H22FN7O3.C24H25N3O5/c31-26-17-34(29(36)18-35)12-11-28(26)38-27-10-9-21(13-22(27)16-32)20-7-4-8-23(14-20)33-30(37)25-15-24(25)19-5-2-1-3-6-19;25-18-12-32(24(34)22-28-13-29-31-22)8-6-21(18)35-20-4-3-15(9-16(20)11-26)19-10-17(5-7-27-19)30-23(33)14-1-2-14;25-14-17-11-15(1-2-21(17)32-18-4-7-29-8-5-18)16-3-6-26-22(12-16)27-23(28)19-13-20(19)24-30-9-10-31-24/h1-10,13-14,24-26,28,35H,11-12,15,17-18H2,(H,33,37);3-5,7,9-10,13-14,18,21H,1-2,6,8,12H2,(H,27,30,33)(H,28,29,31);1-3,6,11-12,18-20,24H,4-5,7-10,13H2,(H,26,27,28)/t24-,25-,26-,28+;18-,21+;19-,20-/m111/s1. The molecule has 5 aromatic carbocycles. The van der Waals surface area contributed by atoms with Gasteiger partial charge < -0.3 is 59.3 Å². The van der Waals surface area contributed by atoms with E-state index >= 15 is 0 Å². The Morgan fingerprint density at radius 3 is 1.80 bits per heavy atom. The number of aromatic nitrogens is 5. The van der Waals surface area contributed by atoms with E-state index in [0.717, 1.165) is 60.8 Å². The number of alkyl halides is 2. The van der Waals surface area contributed by atoms with Gasteiger partial charge in [-0.3, -0.25) is 34.1 Å². The van der Waals surface area contributed by atoms with Gasteiger partial charge in [0, 0.05) is 91.8 Å². The van der Waals surface area contributed by atoms with Crippen molar-refractivity contribution in [2.45, 2.75) is 94.2 Å². The maximum atomic E-state index is 14.9. The molecule has 25 nitrogen and oxygen atoms in total. The first kappa shape index (κ1) is 71.8. The van der Waals surface area contributed by atoms with Crippen LogP contribution in [0.2, 0.25) is 0 Å². The van der Waals surface area contributed by atoms with Crippen LogP contribution in [0.4, 0.5) is 26.0 Å². The van der Waals surface area contributed by atoms with Crippen LogP contribution in [-0.2, 0) is 33.4 Å². The number of ether oxygens (including phenoxy) is 6. The highest BCUT2D eigenvalue weighted by Gasteiger charge is 2.50. The van der Waals surface area contributed by atoms with Crippen molar-refractivity contribution in [3.8, 4) is 69.0 Å². The van der Waals surface area contributed by atoms with Crippen LogP contribution in [0.3, 0.4) is 0 Å². The van der Waals surface area contributed by atoms with E-state index in [-0.39, 0.29) is 127 Å². The third-order valence-electron chi connectivity index (χ3n) is 19.3. The number of benzene rings is 5. The van der Waals surface area contributed by atoms with Crippen LogP contribution < -0.4 is 30.2 Å². The maximum absolute atomic E-state index is 14.9. The van der Waals surface area contributed by atoms with E-state index in [4.69, 9.17) is 33.5 Å². The lowest BCUT2D eigenvalue weighted by Crippen LogP contribution is -2.50. The summed E-state index contributed by atoms with van der Waals surface area (Å²) in [6.45, 7) is 2.13. The van der Waals surface area contributed by atoms with Crippen molar-refractivity contribution in [3.63, 3.8) is 0 Å². The van der Waals surface area contributed by atoms with Crippen molar-refractivity contribution in [2.75, 3.05) is 75.2 Å². The van der Waals surface area contributed by atoms with Crippen molar-refractivity contribution < 1.29 is 66.3 Å². The van der Waals surface area contributed by atoms with Crippen LogP contribution in [0.25, 0.3) is 33.5 Å². The molecule has 4 saturated heterocycles. The third-order valence-corrected chi connectivity index (χ3v) is 19.3. The SMILES string of the molecule is N#Cc1cc(-c2cc(NC(=O)C3CC3)ccn2)ccc1O[C@H]1CCN(C(=O)c2ncn[nH]2)C[C@H]1F.N#Cc1cc(-c2cccc(NC(=O)[C@@H]3C[C@@H]3c3ccccc3)c2)ccc1O[C@H]1CCN(C(=O)CO)C[C@H]1F.N#Cc1cc(-c2ccnc(NC(=O)[C@@H]3C[C@H]3C3OCCO3)c2)ccc1OC1CCOCC1. The topological polar surface area (TPSA) is 342 Å². The molecule has 8 aromatic rings. The summed E-state index contributed by atoms with van der Waals surface area (Å²) < 4.78 is 63.7. The Balaban J connectivity index is 0.000000140. The van der Waals surface area contributed by atoms with Gasteiger partial charge in [0.2, 0.25) is 29.5 Å². The molecular weight excluding hydrogens is 1350 g/mol. The van der Waals surface area contributed by atoms with Gasteiger partial charge in [-0.25, -0.2) is 18.7 Å². The average molecular weight is 1420 g/mol. The number of halogens is 2. The van der Waals surface area contributed by atoms with E-state index in [2.05, 4.69) is 59.3 Å². The molecule has 0 radical (unpaired) electrons. The van der Waals surface area contributed by atoms with Gasteiger partial charge in [0.1, 0.15) is 72.5 Å². The zero-order valence-corrected chi connectivity index (χ0v) is 57.0. The van der Waals surface area contributed by atoms with Crippen molar-refractivity contribution in [2.24, 2.45) is 23.7 Å². The van der Waals surface area contributed by atoms with Crippen LogP contribution in [-0.4, -0.2) is 166 Å². The molecule has 5 N–H and O–H groups in total. The molecule has 0 bridgehead atoms. The molecule has 27 heteroatoms. The highest BCUT2D eigenvalue weighted by Crippen LogP contribution is 2.48. The van der Waals surface area contributed by atoms with Gasteiger partial charge in [-0.05, 0) is 138 Å². The predicted octanol–water partition coefficient (Wildman–Crippen LogP) is 10.1. The number of carbonyl (C=O) groups is 5. The summed E-state index contributed by atoms with van der Waals surface area (Å²) in [5, 5.41) is 53.0. The Morgan fingerprint density at radius 2 is 1.16 bits per heavy atom. The molecule has 3 aromatic heterocycles. The molecule has 5 amide bonds. The van der Waals surface area contributed by atoms with Crippen molar-refractivity contribution in [3.05, 3.63) is 180 Å². The van der Waals surface area contributed by atoms with Gasteiger partial charge in [0.05, 0.1) is 61.9 Å². The van der Waals surface area contributed by atoms with E-state index in [0.29, 0.717) is 66.2 Å². The van der Waals surface area contributed by atoms with Crippen molar-refractivity contribution in [1.29, 1.82) is 15.8 Å². The summed E-state index contributed by atoms with van der Waals surface area (Å²) in [6.07, 6.45) is 5.37. The summed E-state index contributed by atoms with van der Waals surface area (Å²) in [6, 6.07) is 46.7. The number of aliphatic hydroxyl groups excluding tert-OH is 1. The molecule has 105 heavy (non-hydrogen) atoms. The van der Waals surface area contributed by atoms with Gasteiger partial charge in [0.15, 0.2) is 18.6 Å². The number of nitrogens with zero attached hydrogens (tertiary/aromatic N) is 9. The average Bonchev–Trinajstić information content (AvgIpc) is 1.65. The van der Waals surface area contributed by atoms with Crippen molar-refractivity contribution >= 4 is 46.7 Å². The number of hydrogen-bond donors (Lipinski definition) is 5. The number of piperidine rings is 2. The Hall–Kier alpha value is -11.5. The van der Waals surface area contributed by atoms with E-state index in [1.165, 1.54) is 21.7 Å². The second-order valence-electron chi connectivity index (χ2n) is 26.6. The molecule has 3 saturated carbocycles. The first-order valence-corrected chi connectivity index (χ1v) is 34.9. The van der Waals surface area contributed by atoms with Gasteiger partial charge in [0.25, 0.3) is 5.91 Å². The minimum Gasteiger partial charge on any atom is -0.489 e. The first-order valence-electron chi connectivity index (χ1n) is 34.9. The minimum absolute atomic E-state index is 0.00189. The Labute approximate surface area is 603 Å². The molecule has 4 aliphatic heterocycles. The molecule has 7 fully saturated rings. The maximum Gasteiger partial charge on any atom is 0.291 e. The molecule has 15 rings (SSSR count). The molecule has 7 aliphatic rings. The zero-order valence-electron chi connectivity index (χ0n) is 57.0. The summed E-state index contributed by atoms with van der Waals surface area (Å²) >= 11 is 0. The van der Waals surface area contributed by atoms with E-state index in [1.807, 2.05) is 78.9 Å². The fourth-order valence-electron chi connectivity index (χ4n) is 13.1. The number of anilines is 3. The Bertz CT molecular complexity index is 4590. The molecule has 538 valence electrons. The van der Waals surface area contributed by atoms with Gasteiger partial charge in [-0.15, -0.1) is 0 Å². The first-order chi connectivity index (χ1) is 51.2. The number of amides is 5. The quantitative estimate of drug-likeness (QED) is 0.0502. The molecule has 0 unspecified atom stereocenters. The lowest BCUT2D eigenvalue weighted by molar-refractivity contribution is -0.138. The van der Waals surface area contributed by atoms with Crippen molar-refractivity contribution in [1.82, 2.24) is 34.9 Å². The Kier molecular flexibility index (Phi) is 22.8.